The average Bonchev–Trinajstić information content (AvgIpc) is 3.22. The minimum atomic E-state index is 0.349. The Morgan fingerprint density at radius 3 is 2.83 bits per heavy atom. The predicted molar refractivity (Wildman–Crippen MR) is 116 cm³/mol. The number of aromatic nitrogens is 1. The molecular weight excluding hydrogens is 382 g/mol. The maximum absolute atomic E-state index is 12.8. The third-order valence-electron chi connectivity index (χ3n) is 6.11. The van der Waals surface area contributed by atoms with E-state index >= 15 is 0 Å². The van der Waals surface area contributed by atoms with Crippen LogP contribution < -0.4 is 5.32 Å². The minimum absolute atomic E-state index is 0.349. The second kappa shape index (κ2) is 10.3. The number of nitrogens with zero attached hydrogens (tertiary/aromatic N) is 2. The van der Waals surface area contributed by atoms with Crippen molar-refractivity contribution >= 4 is 17.7 Å². The van der Waals surface area contributed by atoms with Crippen LogP contribution in [0.15, 0.2) is 45.8 Å². The first kappa shape index (κ1) is 20.5. The largest absolute Gasteiger partial charge is 0.360 e. The van der Waals surface area contributed by atoms with E-state index in [0.717, 1.165) is 69.1 Å². The number of hydrogen-bond donors (Lipinski definition) is 1. The van der Waals surface area contributed by atoms with E-state index in [1.165, 1.54) is 11.3 Å². The molecule has 0 bridgehead atoms. The second-order valence-electron chi connectivity index (χ2n) is 8.25. The van der Waals surface area contributed by atoms with Crippen molar-refractivity contribution < 1.29 is 9.32 Å². The van der Waals surface area contributed by atoms with Crippen molar-refractivity contribution in [3.63, 3.8) is 0 Å². The van der Waals surface area contributed by atoms with E-state index in [0.29, 0.717) is 24.2 Å². The van der Waals surface area contributed by atoms with E-state index < -0.39 is 0 Å². The van der Waals surface area contributed by atoms with Crippen molar-refractivity contribution in [3.8, 4) is 0 Å². The molecule has 4 rings (SSSR count). The molecule has 2 fully saturated rings. The Balaban J connectivity index is 1.31. The van der Waals surface area contributed by atoms with Gasteiger partial charge in [-0.15, -0.1) is 11.8 Å². The van der Waals surface area contributed by atoms with Crippen LogP contribution in [0.2, 0.25) is 0 Å². The fourth-order valence-corrected chi connectivity index (χ4v) is 5.24. The quantitative estimate of drug-likeness (QED) is 0.692. The first-order chi connectivity index (χ1) is 14.3. The van der Waals surface area contributed by atoms with Crippen molar-refractivity contribution in [1.29, 1.82) is 0 Å². The smallest absolute Gasteiger partial charge is 0.222 e. The predicted octanol–water partition coefficient (Wildman–Crippen LogP) is 4.14. The number of carbonyl (C=O) groups is 1. The summed E-state index contributed by atoms with van der Waals surface area (Å²) in [5, 5.41) is 7.82. The minimum Gasteiger partial charge on any atom is -0.360 e. The molecule has 1 amide bonds. The molecule has 0 unspecified atom stereocenters. The Kier molecular flexibility index (Phi) is 7.28. The van der Waals surface area contributed by atoms with Crippen molar-refractivity contribution in [2.24, 2.45) is 11.8 Å². The number of benzene rings is 1. The van der Waals surface area contributed by atoms with E-state index in [2.05, 4.69) is 45.7 Å². The van der Waals surface area contributed by atoms with Gasteiger partial charge >= 0.3 is 0 Å². The van der Waals surface area contributed by atoms with E-state index in [4.69, 9.17) is 4.52 Å². The highest BCUT2D eigenvalue weighted by Gasteiger charge is 2.30. The van der Waals surface area contributed by atoms with Crippen LogP contribution >= 0.6 is 11.8 Å². The summed E-state index contributed by atoms with van der Waals surface area (Å²) in [5.74, 6) is 2.93. The highest BCUT2D eigenvalue weighted by atomic mass is 32.2. The molecule has 2 aliphatic rings. The molecule has 29 heavy (non-hydrogen) atoms. The van der Waals surface area contributed by atoms with Gasteiger partial charge in [0.25, 0.3) is 0 Å². The number of thioether (sulfide) groups is 1. The van der Waals surface area contributed by atoms with Crippen LogP contribution in [0.1, 0.15) is 43.6 Å². The second-order valence-corrected chi connectivity index (χ2v) is 9.30. The number of hydrogen-bond acceptors (Lipinski definition) is 5. The van der Waals surface area contributed by atoms with Crippen molar-refractivity contribution in [2.75, 3.05) is 26.2 Å². The van der Waals surface area contributed by atoms with Gasteiger partial charge in [0.15, 0.2) is 0 Å². The molecule has 0 aliphatic carbocycles. The maximum atomic E-state index is 12.8. The van der Waals surface area contributed by atoms with E-state index in [1.54, 1.807) is 11.8 Å². The normalized spacial score (nSPS) is 22.6. The molecule has 0 saturated carbocycles. The van der Waals surface area contributed by atoms with Crippen LogP contribution in [-0.2, 0) is 17.0 Å². The van der Waals surface area contributed by atoms with E-state index in [9.17, 15) is 4.79 Å². The average molecular weight is 414 g/mol. The molecule has 156 valence electrons. The van der Waals surface area contributed by atoms with Crippen molar-refractivity contribution in [3.05, 3.63) is 47.9 Å². The van der Waals surface area contributed by atoms with Crippen LogP contribution in [-0.4, -0.2) is 42.1 Å². The van der Waals surface area contributed by atoms with Crippen LogP contribution in [0.3, 0.4) is 0 Å². The molecule has 6 heteroatoms. The summed E-state index contributed by atoms with van der Waals surface area (Å²) in [6.45, 7) is 3.85. The van der Waals surface area contributed by atoms with Gasteiger partial charge in [-0.25, -0.2) is 0 Å². The summed E-state index contributed by atoms with van der Waals surface area (Å²) < 4.78 is 5.57. The Morgan fingerprint density at radius 1 is 1.17 bits per heavy atom. The molecule has 1 N–H and O–H groups in total. The molecule has 0 spiro atoms. The number of nitrogens with one attached hydrogen (secondary N) is 1. The Hall–Kier alpha value is -1.79. The zero-order chi connectivity index (χ0) is 19.9. The molecular formula is C23H31N3O2S. The third-order valence-corrected chi connectivity index (χ3v) is 7.15. The fraction of sp³-hybridized carbons (Fsp3) is 0.565. The van der Waals surface area contributed by atoms with Crippen molar-refractivity contribution in [2.45, 2.75) is 49.2 Å². The van der Waals surface area contributed by atoms with Crippen LogP contribution in [0.25, 0.3) is 0 Å². The van der Waals surface area contributed by atoms with Gasteiger partial charge < -0.3 is 14.7 Å². The van der Waals surface area contributed by atoms with Gasteiger partial charge in [0.05, 0.1) is 11.4 Å². The molecule has 2 saturated heterocycles. The van der Waals surface area contributed by atoms with Gasteiger partial charge in [0.1, 0.15) is 5.76 Å². The maximum Gasteiger partial charge on any atom is 0.222 e. The first-order valence-corrected chi connectivity index (χ1v) is 11.9. The number of likely N-dealkylation sites (tertiary alicyclic amines) is 1. The Bertz CT molecular complexity index is 773. The Labute approximate surface area is 177 Å². The monoisotopic (exact) mass is 413 g/mol. The lowest BCUT2D eigenvalue weighted by molar-refractivity contribution is -0.133. The topological polar surface area (TPSA) is 58.4 Å². The third kappa shape index (κ3) is 5.86. The lowest BCUT2D eigenvalue weighted by Gasteiger charge is -2.34. The molecule has 1 aromatic heterocycles. The molecule has 2 aliphatic heterocycles. The van der Waals surface area contributed by atoms with E-state index in [1.807, 2.05) is 6.07 Å². The molecule has 1 aromatic carbocycles. The zero-order valence-electron chi connectivity index (χ0n) is 17.0. The highest BCUT2D eigenvalue weighted by molar-refractivity contribution is 7.98. The van der Waals surface area contributed by atoms with Gasteiger partial charge in [-0.05, 0) is 69.2 Å². The SMILES string of the molecule is O=C(C[C@@H]1CCNC[C@H]1Cc1cc(CSc2ccccc2)on1)N1CCCCC1. The van der Waals surface area contributed by atoms with Crippen LogP contribution in [0, 0.1) is 11.8 Å². The Morgan fingerprint density at radius 2 is 2.00 bits per heavy atom. The fourth-order valence-electron chi connectivity index (χ4n) is 4.44. The lowest BCUT2D eigenvalue weighted by atomic mass is 9.81. The molecule has 5 nitrogen and oxygen atoms in total. The van der Waals surface area contributed by atoms with Gasteiger partial charge in [0.2, 0.25) is 5.91 Å². The lowest BCUT2D eigenvalue weighted by Crippen LogP contribution is -2.42. The summed E-state index contributed by atoms with van der Waals surface area (Å²) in [6, 6.07) is 12.4. The number of amides is 1. The first-order valence-electron chi connectivity index (χ1n) is 10.9. The molecule has 2 atom stereocenters. The highest BCUT2D eigenvalue weighted by Crippen LogP contribution is 2.28. The van der Waals surface area contributed by atoms with Crippen molar-refractivity contribution in [1.82, 2.24) is 15.4 Å². The summed E-state index contributed by atoms with van der Waals surface area (Å²) in [6.07, 6.45) is 6.20. The van der Waals surface area contributed by atoms with Crippen LogP contribution in [0.4, 0.5) is 0 Å². The van der Waals surface area contributed by atoms with E-state index in [-0.39, 0.29) is 0 Å². The van der Waals surface area contributed by atoms with Crippen LogP contribution in [0.5, 0.6) is 0 Å². The molecule has 0 radical (unpaired) electrons. The summed E-state index contributed by atoms with van der Waals surface area (Å²) in [4.78, 5) is 16.1. The zero-order valence-corrected chi connectivity index (χ0v) is 17.8. The summed E-state index contributed by atoms with van der Waals surface area (Å²) in [7, 11) is 0. The van der Waals surface area contributed by atoms with Gasteiger partial charge in [0, 0.05) is 30.5 Å². The standard InChI is InChI=1S/C23H31N3O2S/c27-23(26-11-5-2-6-12-26)14-18-9-10-24-16-19(18)13-20-15-21(28-25-20)17-29-22-7-3-1-4-8-22/h1,3-4,7-8,15,18-19,24H,2,5-6,9-14,16-17H2/t18-,19+/m0/s1. The van der Waals surface area contributed by atoms with Gasteiger partial charge in [-0.2, -0.15) is 0 Å². The summed E-state index contributed by atoms with van der Waals surface area (Å²) >= 11 is 1.76. The molecule has 2 aromatic rings. The van der Waals surface area contributed by atoms with Gasteiger partial charge in [-0.3, -0.25) is 4.79 Å². The van der Waals surface area contributed by atoms with Gasteiger partial charge in [-0.1, -0.05) is 23.4 Å². The summed E-state index contributed by atoms with van der Waals surface area (Å²) in [5.41, 5.74) is 1.01. The molecule has 3 heterocycles. The number of rotatable bonds is 7. The number of carbonyl (C=O) groups excluding carboxylic acids is 1. The number of piperidine rings is 2.